The molecule has 3 aromatic rings. The van der Waals surface area contributed by atoms with E-state index in [2.05, 4.69) is 53.3 Å². The van der Waals surface area contributed by atoms with Crippen molar-refractivity contribution in [2.24, 2.45) is 34.0 Å². The lowest BCUT2D eigenvalue weighted by Crippen LogP contribution is -2.40. The number of aromatic amines is 1. The first-order valence-electron chi connectivity index (χ1n) is 15.9. The second-order valence-corrected chi connectivity index (χ2v) is 12.5. The zero-order valence-corrected chi connectivity index (χ0v) is 25.3. The smallest absolute Gasteiger partial charge is 0.328 e. The van der Waals surface area contributed by atoms with Gasteiger partial charge < -0.3 is 32.6 Å². The van der Waals surface area contributed by atoms with Gasteiger partial charge in [-0.3, -0.25) is 0 Å². The molecule has 6 unspecified atom stereocenters. The minimum atomic E-state index is -1.01. The Balaban J connectivity index is 1.53. The highest BCUT2D eigenvalue weighted by Gasteiger charge is 2.44. The number of carboxylic acid groups (broad SMARTS) is 1. The second kappa shape index (κ2) is 14.1. The summed E-state index contributed by atoms with van der Waals surface area (Å²) in [4.78, 5) is 19.5. The monoisotopic (exact) mass is 583 g/mol. The zero-order valence-electron chi connectivity index (χ0n) is 25.3. The lowest BCUT2D eigenvalue weighted by atomic mass is 9.57. The van der Waals surface area contributed by atoms with Crippen LogP contribution in [0.25, 0.3) is 16.1 Å². The van der Waals surface area contributed by atoms with E-state index in [-0.39, 0.29) is 30.5 Å². The van der Waals surface area contributed by atoms with Crippen LogP contribution < -0.4 is 17.2 Å². The van der Waals surface area contributed by atoms with Gasteiger partial charge in [-0.1, -0.05) is 86.7 Å². The predicted octanol–water partition coefficient (Wildman–Crippen LogP) is 6.81. The molecule has 1 aromatic heterocycles. The van der Waals surface area contributed by atoms with Crippen LogP contribution in [0, 0.1) is 11.8 Å². The molecule has 2 aliphatic carbocycles. The molecule has 1 fully saturated rings. The first kappa shape index (κ1) is 30.7. The van der Waals surface area contributed by atoms with E-state index in [0.29, 0.717) is 23.3 Å². The number of nitrogens with zero attached hydrogens (tertiary/aromatic N) is 2. The highest BCUT2D eigenvalue weighted by atomic mass is 16.4. The van der Waals surface area contributed by atoms with Crippen LogP contribution in [0.1, 0.15) is 87.7 Å². The summed E-state index contributed by atoms with van der Waals surface area (Å²) in [5, 5.41) is 17.6. The van der Waals surface area contributed by atoms with E-state index in [1.165, 1.54) is 40.8 Å². The van der Waals surface area contributed by atoms with Crippen molar-refractivity contribution >= 4 is 28.5 Å². The molecular weight excluding hydrogens is 536 g/mol. The van der Waals surface area contributed by atoms with Gasteiger partial charge in [-0.05, 0) is 95.7 Å². The molecule has 0 amide bonds. The zero-order chi connectivity index (χ0) is 30.3. The van der Waals surface area contributed by atoms with E-state index in [1.54, 1.807) is 0 Å². The molecule has 6 atom stereocenters. The summed E-state index contributed by atoms with van der Waals surface area (Å²) in [7, 11) is 0. The van der Waals surface area contributed by atoms with Crippen LogP contribution in [-0.4, -0.2) is 40.6 Å². The van der Waals surface area contributed by atoms with Gasteiger partial charge in [0.2, 0.25) is 0 Å². The molecule has 2 aromatic carbocycles. The molecule has 0 saturated heterocycles. The molecule has 2 bridgehead atoms. The number of rotatable bonds is 14. The number of aliphatic carboxylic acids is 1. The Labute approximate surface area is 255 Å². The first-order valence-corrected chi connectivity index (χ1v) is 15.9. The van der Waals surface area contributed by atoms with Crippen LogP contribution in [0.4, 0.5) is 5.82 Å². The highest BCUT2D eigenvalue weighted by Crippen LogP contribution is 2.57. The standard InChI is InChI=1S/C35H47N6O2/c1-2-3-10-26(36)11-6-12-27-30-19-24(29-17-22-8-4-5-9-23(22)18-31(27)29)14-15-28(30)34(41-32-13-7-16-39-32)25(20-33(42)43)21-40-35(37)38/h4-5,7-9,13,16-18,20,24,26-28,30,34,39H,2-3,6,10-12,14-15,19,21,36H2,1H3,(H,42,43)(H4,37,38,40)/q-1. The molecule has 43 heavy (non-hydrogen) atoms. The molecule has 230 valence electrons. The molecule has 8 heteroatoms. The number of hydrogen-bond donors (Lipinski definition) is 5. The summed E-state index contributed by atoms with van der Waals surface area (Å²) >= 11 is 0. The van der Waals surface area contributed by atoms with E-state index < -0.39 is 5.97 Å². The minimum absolute atomic E-state index is 0.0608. The van der Waals surface area contributed by atoms with Crippen LogP contribution in [-0.2, 0) is 4.79 Å². The van der Waals surface area contributed by atoms with E-state index in [4.69, 9.17) is 22.5 Å². The molecule has 0 aliphatic heterocycles. The number of hydrogen-bond acceptors (Lipinski definition) is 3. The fraction of sp³-hybridized carbons (Fsp3) is 0.486. The lowest BCUT2D eigenvalue weighted by molar-refractivity contribution is -0.131. The molecule has 1 heterocycles. The fourth-order valence-electron chi connectivity index (χ4n) is 7.70. The third kappa shape index (κ3) is 7.42. The Hall–Kier alpha value is -3.78. The third-order valence-corrected chi connectivity index (χ3v) is 9.68. The number of aliphatic imine (C=N–C) groups is 1. The van der Waals surface area contributed by atoms with Crippen LogP contribution in [0.5, 0.6) is 0 Å². The van der Waals surface area contributed by atoms with Gasteiger partial charge in [0.15, 0.2) is 5.96 Å². The van der Waals surface area contributed by atoms with Gasteiger partial charge in [-0.2, -0.15) is 0 Å². The summed E-state index contributed by atoms with van der Waals surface area (Å²) < 4.78 is 0. The quantitative estimate of drug-likeness (QED) is 0.0800. The van der Waals surface area contributed by atoms with Crippen molar-refractivity contribution < 1.29 is 9.90 Å². The second-order valence-electron chi connectivity index (χ2n) is 12.5. The van der Waals surface area contributed by atoms with Gasteiger partial charge in [0.1, 0.15) is 0 Å². The summed E-state index contributed by atoms with van der Waals surface area (Å²) in [6, 6.07) is 17.2. The normalized spacial score (nSPS) is 22.9. The minimum Gasteiger partial charge on any atom is -0.478 e. The van der Waals surface area contributed by atoms with Crippen molar-refractivity contribution in [3.8, 4) is 0 Å². The third-order valence-electron chi connectivity index (χ3n) is 9.68. The van der Waals surface area contributed by atoms with Gasteiger partial charge in [0, 0.05) is 12.1 Å². The largest absolute Gasteiger partial charge is 0.478 e. The maximum Gasteiger partial charge on any atom is 0.328 e. The molecular formula is C35H47N6O2-. The maximum atomic E-state index is 12.0. The van der Waals surface area contributed by atoms with Crippen molar-refractivity contribution in [1.82, 2.24) is 4.98 Å². The molecule has 2 aliphatic rings. The van der Waals surface area contributed by atoms with Crippen LogP contribution >= 0.6 is 0 Å². The topological polar surface area (TPSA) is 158 Å². The van der Waals surface area contributed by atoms with Crippen LogP contribution in [0.15, 0.2) is 71.4 Å². The number of carbonyl (C=O) groups is 1. The van der Waals surface area contributed by atoms with Crippen LogP contribution in [0.3, 0.4) is 0 Å². The molecule has 0 spiro atoms. The molecule has 1 saturated carbocycles. The lowest BCUT2D eigenvalue weighted by Gasteiger charge is -2.51. The Morgan fingerprint density at radius 1 is 1.09 bits per heavy atom. The van der Waals surface area contributed by atoms with Gasteiger partial charge >= 0.3 is 5.97 Å². The summed E-state index contributed by atoms with van der Waals surface area (Å²) in [6.45, 7) is 2.32. The number of fused-ring (bicyclic) bond motifs is 5. The number of nitrogens with one attached hydrogen (secondary N) is 1. The predicted molar refractivity (Wildman–Crippen MR) is 176 cm³/mol. The van der Waals surface area contributed by atoms with Gasteiger partial charge in [0.05, 0.1) is 6.54 Å². The summed E-state index contributed by atoms with van der Waals surface area (Å²) in [6.07, 6.45) is 12.7. The van der Waals surface area contributed by atoms with E-state index >= 15 is 0 Å². The molecule has 8 N–H and O–H groups in total. The maximum absolute atomic E-state index is 12.0. The van der Waals surface area contributed by atoms with Crippen molar-refractivity contribution in [2.75, 3.05) is 6.54 Å². The number of guanidine groups is 1. The number of aromatic nitrogens is 1. The Kier molecular flexibility index (Phi) is 10.1. The number of carboxylic acids is 1. The number of unbranched alkanes of at least 4 members (excludes halogenated alkanes) is 1. The number of H-pyrrole nitrogens is 1. The molecule has 8 nitrogen and oxygen atoms in total. The number of benzene rings is 2. The van der Waals surface area contributed by atoms with E-state index in [0.717, 1.165) is 50.8 Å². The van der Waals surface area contributed by atoms with Crippen molar-refractivity contribution in [1.29, 1.82) is 0 Å². The Bertz CT molecular complexity index is 1430. The Morgan fingerprint density at radius 3 is 2.51 bits per heavy atom. The fourth-order valence-corrected chi connectivity index (χ4v) is 7.70. The SMILES string of the molecule is CCCCC(N)CCCC1c2cc3ccccc3cc2C2CCC(C([N-]c3ccc[nH]3)C(=CC(=O)O)CN=C(N)N)C1C2. The average molecular weight is 584 g/mol. The van der Waals surface area contributed by atoms with Crippen LogP contribution in [0.2, 0.25) is 0 Å². The summed E-state index contributed by atoms with van der Waals surface area (Å²) in [5.41, 5.74) is 21.5. The molecule has 0 radical (unpaired) electrons. The first-order chi connectivity index (χ1) is 20.8. The van der Waals surface area contributed by atoms with E-state index in [1.807, 2.05) is 18.3 Å². The van der Waals surface area contributed by atoms with Gasteiger partial charge in [-0.15, -0.1) is 0 Å². The van der Waals surface area contributed by atoms with Gasteiger partial charge in [-0.25, -0.2) is 9.79 Å². The van der Waals surface area contributed by atoms with Crippen molar-refractivity contribution in [2.45, 2.75) is 88.6 Å². The van der Waals surface area contributed by atoms with Crippen molar-refractivity contribution in [3.63, 3.8) is 0 Å². The average Bonchev–Trinajstić information content (AvgIpc) is 3.51. The molecule has 5 rings (SSSR count). The summed E-state index contributed by atoms with van der Waals surface area (Å²) in [5.74, 6) is 0.981. The van der Waals surface area contributed by atoms with Crippen molar-refractivity contribution in [3.05, 3.63) is 82.8 Å². The highest BCUT2D eigenvalue weighted by molar-refractivity contribution is 5.85. The van der Waals surface area contributed by atoms with E-state index in [9.17, 15) is 9.90 Å². The Morgan fingerprint density at radius 2 is 1.84 bits per heavy atom. The number of nitrogens with two attached hydrogens (primary N) is 3. The van der Waals surface area contributed by atoms with Gasteiger partial charge in [0.25, 0.3) is 0 Å².